The average molecular weight is 572 g/mol. The second-order valence-corrected chi connectivity index (χ2v) is 11.6. The van der Waals surface area contributed by atoms with Crippen molar-refractivity contribution in [2.45, 2.75) is 51.2 Å². The molecule has 10 heteroatoms. The van der Waals surface area contributed by atoms with Gasteiger partial charge in [-0.2, -0.15) is 15.2 Å². The largest absolute Gasteiger partial charge is 0.462 e. The van der Waals surface area contributed by atoms with Gasteiger partial charge in [-0.1, -0.05) is 30.3 Å². The summed E-state index contributed by atoms with van der Waals surface area (Å²) >= 11 is 0. The lowest BCUT2D eigenvalue weighted by atomic mass is 9.99. The summed E-state index contributed by atoms with van der Waals surface area (Å²) in [6, 6.07) is 15.3. The second kappa shape index (κ2) is 12.1. The Balaban J connectivity index is 1.34. The first kappa shape index (κ1) is 28.2. The van der Waals surface area contributed by atoms with Crippen LogP contribution in [-0.2, 0) is 17.8 Å². The molecule has 0 unspecified atom stereocenters. The number of halogens is 1. The van der Waals surface area contributed by atoms with E-state index in [1.165, 1.54) is 26.9 Å². The number of aromatic nitrogens is 2. The minimum atomic E-state index is -1.05. The number of carbonyl (C=O) groups excluding carboxylic acids is 1. The summed E-state index contributed by atoms with van der Waals surface area (Å²) in [6.07, 6.45) is 3.14. The summed E-state index contributed by atoms with van der Waals surface area (Å²) in [4.78, 5) is 30.5. The standard InChI is InChI=1S/C32H38FN7O2/c1-22-6-3-7-23-8-4-10-28(30(22)23)38-15-12-26-27(20-38)35-32(42-21-25-9-5-14-37(25)2)36-31(26)39-16-17-40(29(41)18-33)24(19-39)11-13-34/h3-4,6-8,10,24-25H,5,9,11-12,14-21H2,1-2H3/t24-,25-/m0/s1. The highest BCUT2D eigenvalue weighted by atomic mass is 19.1. The van der Waals surface area contributed by atoms with Crippen LogP contribution in [0.2, 0.25) is 0 Å². The zero-order valence-corrected chi connectivity index (χ0v) is 24.4. The fourth-order valence-electron chi connectivity index (χ4n) is 6.78. The first-order chi connectivity index (χ1) is 20.5. The van der Waals surface area contributed by atoms with E-state index >= 15 is 0 Å². The first-order valence-corrected chi connectivity index (χ1v) is 14.9. The van der Waals surface area contributed by atoms with Crippen LogP contribution in [0.4, 0.5) is 15.9 Å². The number of nitrogens with zero attached hydrogens (tertiary/aromatic N) is 7. The highest BCUT2D eigenvalue weighted by Crippen LogP contribution is 2.36. The molecule has 6 rings (SSSR count). The van der Waals surface area contributed by atoms with Gasteiger partial charge in [-0.25, -0.2) is 4.39 Å². The van der Waals surface area contributed by atoms with Gasteiger partial charge in [-0.05, 0) is 56.8 Å². The number of likely N-dealkylation sites (tertiary alicyclic amines) is 1. The zero-order valence-electron chi connectivity index (χ0n) is 24.4. The van der Waals surface area contributed by atoms with E-state index in [0.29, 0.717) is 44.8 Å². The van der Waals surface area contributed by atoms with Crippen molar-refractivity contribution >= 4 is 28.2 Å². The lowest BCUT2D eigenvalue weighted by Gasteiger charge is -2.42. The van der Waals surface area contributed by atoms with Gasteiger partial charge in [0.2, 0.25) is 0 Å². The summed E-state index contributed by atoms with van der Waals surface area (Å²) < 4.78 is 19.6. The molecule has 1 amide bonds. The third kappa shape index (κ3) is 5.45. The molecule has 42 heavy (non-hydrogen) atoms. The Morgan fingerprint density at radius 1 is 1.10 bits per heavy atom. The van der Waals surface area contributed by atoms with Crippen molar-refractivity contribution in [2.24, 2.45) is 0 Å². The van der Waals surface area contributed by atoms with Gasteiger partial charge in [0.25, 0.3) is 5.91 Å². The Kier molecular flexibility index (Phi) is 8.11. The van der Waals surface area contributed by atoms with E-state index in [-0.39, 0.29) is 6.42 Å². The van der Waals surface area contributed by atoms with Gasteiger partial charge in [-0.3, -0.25) is 4.79 Å². The summed E-state index contributed by atoms with van der Waals surface area (Å²) in [5.74, 6) is 0.240. The number of benzene rings is 2. The minimum absolute atomic E-state index is 0.140. The van der Waals surface area contributed by atoms with Crippen LogP contribution in [0.3, 0.4) is 0 Å². The molecule has 3 aromatic rings. The van der Waals surface area contributed by atoms with Crippen LogP contribution < -0.4 is 14.5 Å². The molecule has 0 spiro atoms. The van der Waals surface area contributed by atoms with Crippen LogP contribution >= 0.6 is 0 Å². The van der Waals surface area contributed by atoms with E-state index in [0.717, 1.165) is 49.4 Å². The summed E-state index contributed by atoms with van der Waals surface area (Å²) in [5.41, 5.74) is 4.45. The average Bonchev–Trinajstić information content (AvgIpc) is 3.43. The number of aryl methyl sites for hydroxylation is 1. The van der Waals surface area contributed by atoms with Gasteiger partial charge < -0.3 is 24.3 Å². The number of fused-ring (bicyclic) bond motifs is 2. The number of amides is 1. The molecule has 3 aliphatic rings. The summed E-state index contributed by atoms with van der Waals surface area (Å²) in [7, 11) is 2.12. The molecule has 2 saturated heterocycles. The van der Waals surface area contributed by atoms with Crippen LogP contribution in [0, 0.1) is 18.3 Å². The molecule has 0 saturated carbocycles. The fourth-order valence-corrected chi connectivity index (χ4v) is 6.78. The molecule has 2 aromatic carbocycles. The maximum atomic E-state index is 13.3. The molecule has 220 valence electrons. The highest BCUT2D eigenvalue weighted by molar-refractivity contribution is 5.97. The monoisotopic (exact) mass is 571 g/mol. The van der Waals surface area contributed by atoms with E-state index in [1.807, 2.05) is 0 Å². The van der Waals surface area contributed by atoms with Crippen LogP contribution in [-0.4, -0.2) is 90.8 Å². The zero-order chi connectivity index (χ0) is 29.2. The van der Waals surface area contributed by atoms with Gasteiger partial charge in [0, 0.05) is 48.9 Å². The van der Waals surface area contributed by atoms with E-state index in [1.54, 1.807) is 0 Å². The topological polar surface area (TPSA) is 88.8 Å². The van der Waals surface area contributed by atoms with Gasteiger partial charge >= 0.3 is 6.01 Å². The smallest absolute Gasteiger partial charge is 0.318 e. The molecule has 0 radical (unpaired) electrons. The molecular formula is C32H38FN7O2. The number of alkyl halides is 1. The van der Waals surface area contributed by atoms with Crippen LogP contribution in [0.25, 0.3) is 10.8 Å². The summed E-state index contributed by atoms with van der Waals surface area (Å²) in [6.45, 7) is 5.39. The van der Waals surface area contributed by atoms with Crippen molar-refractivity contribution < 1.29 is 13.9 Å². The molecule has 0 bridgehead atoms. The van der Waals surface area contributed by atoms with Gasteiger partial charge in [-0.15, -0.1) is 0 Å². The Morgan fingerprint density at radius 3 is 2.69 bits per heavy atom. The normalized spacial score (nSPS) is 21.0. The van der Waals surface area contributed by atoms with E-state index < -0.39 is 18.6 Å². The number of rotatable bonds is 7. The molecule has 9 nitrogen and oxygen atoms in total. The maximum Gasteiger partial charge on any atom is 0.318 e. The Labute approximate surface area is 246 Å². The lowest BCUT2D eigenvalue weighted by Crippen LogP contribution is -2.56. The number of nitriles is 1. The molecule has 0 aliphatic carbocycles. The number of piperazine rings is 1. The molecule has 0 N–H and O–H groups in total. The van der Waals surface area contributed by atoms with E-state index in [9.17, 15) is 14.4 Å². The summed E-state index contributed by atoms with van der Waals surface area (Å²) in [5, 5.41) is 11.9. The van der Waals surface area contributed by atoms with Crippen LogP contribution in [0.15, 0.2) is 36.4 Å². The Hall–Kier alpha value is -3.97. The predicted octanol–water partition coefficient (Wildman–Crippen LogP) is 3.87. The Bertz CT molecular complexity index is 1500. The number of likely N-dealkylation sites (N-methyl/N-ethyl adjacent to an activating group) is 1. The van der Waals surface area contributed by atoms with Gasteiger partial charge in [0.15, 0.2) is 6.67 Å². The van der Waals surface area contributed by atoms with Crippen LogP contribution in [0.5, 0.6) is 6.01 Å². The van der Waals surface area contributed by atoms with Crippen molar-refractivity contribution in [1.82, 2.24) is 19.8 Å². The van der Waals surface area contributed by atoms with Crippen molar-refractivity contribution in [2.75, 3.05) is 62.9 Å². The highest BCUT2D eigenvalue weighted by Gasteiger charge is 2.34. The van der Waals surface area contributed by atoms with Gasteiger partial charge in [0.1, 0.15) is 12.4 Å². The van der Waals surface area contributed by atoms with Crippen molar-refractivity contribution in [3.8, 4) is 12.1 Å². The van der Waals surface area contributed by atoms with Crippen molar-refractivity contribution in [3.05, 3.63) is 53.2 Å². The minimum Gasteiger partial charge on any atom is -0.462 e. The molecule has 2 atom stereocenters. The number of carbonyl (C=O) groups is 1. The van der Waals surface area contributed by atoms with E-state index in [4.69, 9.17) is 14.7 Å². The van der Waals surface area contributed by atoms with E-state index in [2.05, 4.69) is 71.1 Å². The van der Waals surface area contributed by atoms with Gasteiger partial charge in [0.05, 0.1) is 30.8 Å². The molecule has 1 aromatic heterocycles. The Morgan fingerprint density at radius 2 is 1.93 bits per heavy atom. The molecule has 3 aliphatic heterocycles. The molecular weight excluding hydrogens is 533 g/mol. The number of hydrogen-bond donors (Lipinski definition) is 0. The third-order valence-electron chi connectivity index (χ3n) is 9.07. The fraction of sp³-hybridized carbons (Fsp3) is 0.500. The first-order valence-electron chi connectivity index (χ1n) is 14.9. The van der Waals surface area contributed by atoms with Crippen molar-refractivity contribution in [1.29, 1.82) is 5.26 Å². The maximum absolute atomic E-state index is 13.3. The molecule has 2 fully saturated rings. The SMILES string of the molecule is Cc1cccc2cccc(N3CCc4c(nc(OC[C@@H]5CCCN5C)nc4N4CCN(C(=O)CF)[C@@H](CC#N)C4)C3)c12. The number of ether oxygens (including phenoxy) is 1. The number of anilines is 2. The number of hydrogen-bond acceptors (Lipinski definition) is 8. The van der Waals surface area contributed by atoms with Crippen LogP contribution in [0.1, 0.15) is 36.1 Å². The second-order valence-electron chi connectivity index (χ2n) is 11.6. The quantitative estimate of drug-likeness (QED) is 0.422. The van der Waals surface area contributed by atoms with Crippen molar-refractivity contribution in [3.63, 3.8) is 0 Å². The lowest BCUT2D eigenvalue weighted by molar-refractivity contribution is -0.134. The third-order valence-corrected chi connectivity index (χ3v) is 9.07. The molecule has 4 heterocycles. The predicted molar refractivity (Wildman–Crippen MR) is 161 cm³/mol.